The summed E-state index contributed by atoms with van der Waals surface area (Å²) in [6.45, 7) is 2.25. The zero-order chi connectivity index (χ0) is 19.9. The number of allylic oxidation sites excluding steroid dienone is 2. The molecule has 6 heteroatoms. The molecule has 0 radical (unpaired) electrons. The zero-order valence-electron chi connectivity index (χ0n) is 16.3. The van der Waals surface area contributed by atoms with E-state index in [0.29, 0.717) is 13.0 Å². The van der Waals surface area contributed by atoms with Crippen LogP contribution in [-0.2, 0) is 25.7 Å². The molecule has 1 aromatic carbocycles. The number of rotatable bonds is 7. The van der Waals surface area contributed by atoms with Gasteiger partial charge in [-0.05, 0) is 37.3 Å². The van der Waals surface area contributed by atoms with Crippen molar-refractivity contribution in [2.24, 2.45) is 5.92 Å². The van der Waals surface area contributed by atoms with Gasteiger partial charge >= 0.3 is 11.9 Å². The minimum Gasteiger partial charge on any atom is -0.469 e. The summed E-state index contributed by atoms with van der Waals surface area (Å²) < 4.78 is 12.0. The highest BCUT2D eigenvalue weighted by molar-refractivity contribution is 5.75. The SMILES string of the molecule is COC(=O)CC(C)n1cc(C2=CCC(C(=O)OCc3ccccc3)CC2)cn1. The van der Waals surface area contributed by atoms with Gasteiger partial charge in [0.1, 0.15) is 6.61 Å². The van der Waals surface area contributed by atoms with Gasteiger partial charge < -0.3 is 9.47 Å². The summed E-state index contributed by atoms with van der Waals surface area (Å²) >= 11 is 0. The molecule has 2 atom stereocenters. The van der Waals surface area contributed by atoms with Crippen LogP contribution < -0.4 is 0 Å². The van der Waals surface area contributed by atoms with Gasteiger partial charge in [-0.3, -0.25) is 14.3 Å². The van der Waals surface area contributed by atoms with Crippen LogP contribution in [0.4, 0.5) is 0 Å². The van der Waals surface area contributed by atoms with E-state index in [0.717, 1.165) is 24.0 Å². The quantitative estimate of drug-likeness (QED) is 0.679. The molecule has 0 spiro atoms. The molecular formula is C22H26N2O4. The molecule has 1 aromatic heterocycles. The van der Waals surface area contributed by atoms with Crippen molar-refractivity contribution in [1.29, 1.82) is 0 Å². The number of esters is 2. The number of ether oxygens (including phenoxy) is 2. The average molecular weight is 382 g/mol. The number of hydrogen-bond acceptors (Lipinski definition) is 5. The molecule has 2 unspecified atom stereocenters. The monoisotopic (exact) mass is 382 g/mol. The van der Waals surface area contributed by atoms with Gasteiger partial charge in [-0.2, -0.15) is 5.10 Å². The van der Waals surface area contributed by atoms with Crippen LogP contribution in [0.2, 0.25) is 0 Å². The van der Waals surface area contributed by atoms with E-state index in [9.17, 15) is 9.59 Å². The average Bonchev–Trinajstić information content (AvgIpc) is 3.23. The fourth-order valence-corrected chi connectivity index (χ4v) is 3.32. The Balaban J connectivity index is 1.53. The van der Waals surface area contributed by atoms with E-state index in [2.05, 4.69) is 11.2 Å². The van der Waals surface area contributed by atoms with Gasteiger partial charge in [0, 0.05) is 11.8 Å². The minimum atomic E-state index is -0.252. The van der Waals surface area contributed by atoms with E-state index in [-0.39, 0.29) is 30.3 Å². The van der Waals surface area contributed by atoms with Crippen molar-refractivity contribution in [3.8, 4) is 0 Å². The maximum absolute atomic E-state index is 12.3. The lowest BCUT2D eigenvalue weighted by Gasteiger charge is -2.20. The number of nitrogens with zero attached hydrogens (tertiary/aromatic N) is 2. The highest BCUT2D eigenvalue weighted by atomic mass is 16.5. The Morgan fingerprint density at radius 3 is 2.75 bits per heavy atom. The third kappa shape index (κ3) is 5.09. The van der Waals surface area contributed by atoms with E-state index in [1.807, 2.05) is 49.6 Å². The third-order valence-electron chi connectivity index (χ3n) is 5.08. The Labute approximate surface area is 165 Å². The number of hydrogen-bond donors (Lipinski definition) is 0. The molecule has 1 heterocycles. The molecular weight excluding hydrogens is 356 g/mol. The van der Waals surface area contributed by atoms with Crippen molar-refractivity contribution in [1.82, 2.24) is 9.78 Å². The smallest absolute Gasteiger partial charge is 0.309 e. The Morgan fingerprint density at radius 2 is 2.07 bits per heavy atom. The maximum atomic E-state index is 12.3. The van der Waals surface area contributed by atoms with Gasteiger partial charge in [0.2, 0.25) is 0 Å². The van der Waals surface area contributed by atoms with Crippen molar-refractivity contribution in [3.05, 3.63) is 59.9 Å². The number of benzene rings is 1. The summed E-state index contributed by atoms with van der Waals surface area (Å²) in [7, 11) is 1.39. The van der Waals surface area contributed by atoms with E-state index in [4.69, 9.17) is 9.47 Å². The summed E-state index contributed by atoms with van der Waals surface area (Å²) in [5.74, 6) is -0.486. The molecule has 3 rings (SSSR count). The lowest BCUT2D eigenvalue weighted by atomic mass is 9.87. The fraction of sp³-hybridized carbons (Fsp3) is 0.409. The number of aromatic nitrogens is 2. The lowest BCUT2D eigenvalue weighted by Crippen LogP contribution is -2.19. The summed E-state index contributed by atoms with van der Waals surface area (Å²) in [5, 5.41) is 4.37. The van der Waals surface area contributed by atoms with E-state index >= 15 is 0 Å². The third-order valence-corrected chi connectivity index (χ3v) is 5.08. The molecule has 0 bridgehead atoms. The van der Waals surface area contributed by atoms with Crippen LogP contribution in [0.3, 0.4) is 0 Å². The van der Waals surface area contributed by atoms with Crippen LogP contribution >= 0.6 is 0 Å². The normalized spacial score (nSPS) is 17.5. The molecule has 0 N–H and O–H groups in total. The molecule has 1 aliphatic rings. The first-order valence-electron chi connectivity index (χ1n) is 9.57. The van der Waals surface area contributed by atoms with Crippen LogP contribution in [0.25, 0.3) is 5.57 Å². The van der Waals surface area contributed by atoms with Crippen LogP contribution in [0.1, 0.15) is 49.8 Å². The highest BCUT2D eigenvalue weighted by Crippen LogP contribution is 2.31. The molecule has 6 nitrogen and oxygen atoms in total. The van der Waals surface area contributed by atoms with Crippen LogP contribution in [-0.4, -0.2) is 28.8 Å². The van der Waals surface area contributed by atoms with Crippen LogP contribution in [0.15, 0.2) is 48.8 Å². The van der Waals surface area contributed by atoms with Gasteiger partial charge in [-0.1, -0.05) is 36.4 Å². The van der Waals surface area contributed by atoms with Gasteiger partial charge in [-0.15, -0.1) is 0 Å². The van der Waals surface area contributed by atoms with Crippen molar-refractivity contribution in [2.75, 3.05) is 7.11 Å². The second-order valence-corrected chi connectivity index (χ2v) is 7.13. The van der Waals surface area contributed by atoms with Crippen LogP contribution in [0, 0.1) is 5.92 Å². The summed E-state index contributed by atoms with van der Waals surface area (Å²) in [5.41, 5.74) is 3.22. The van der Waals surface area contributed by atoms with E-state index in [1.165, 1.54) is 12.7 Å². The Morgan fingerprint density at radius 1 is 1.29 bits per heavy atom. The van der Waals surface area contributed by atoms with Crippen molar-refractivity contribution >= 4 is 17.5 Å². The number of methoxy groups -OCH3 is 1. The molecule has 0 amide bonds. The maximum Gasteiger partial charge on any atom is 0.309 e. The first kappa shape index (κ1) is 19.9. The van der Waals surface area contributed by atoms with Crippen molar-refractivity contribution in [3.63, 3.8) is 0 Å². The standard InChI is InChI=1S/C22H26N2O4/c1-16(12-21(25)27-2)24-14-20(13-23-24)18-8-10-19(11-9-18)22(26)28-15-17-6-4-3-5-7-17/h3-8,13-14,16,19H,9-12,15H2,1-2H3. The Hall–Kier alpha value is -2.89. The number of carbonyl (C=O) groups is 2. The predicted octanol–water partition coefficient (Wildman–Crippen LogP) is 3.93. The van der Waals surface area contributed by atoms with Crippen molar-refractivity contribution < 1.29 is 19.1 Å². The summed E-state index contributed by atoms with van der Waals surface area (Å²) in [4.78, 5) is 23.8. The molecule has 2 aromatic rings. The molecule has 1 aliphatic carbocycles. The zero-order valence-corrected chi connectivity index (χ0v) is 16.3. The second kappa shape index (κ2) is 9.35. The van der Waals surface area contributed by atoms with Crippen LogP contribution in [0.5, 0.6) is 0 Å². The van der Waals surface area contributed by atoms with Gasteiger partial charge in [0.15, 0.2) is 0 Å². The fourth-order valence-electron chi connectivity index (χ4n) is 3.32. The highest BCUT2D eigenvalue weighted by Gasteiger charge is 2.24. The van der Waals surface area contributed by atoms with Gasteiger partial charge in [0.05, 0.1) is 31.7 Å². The second-order valence-electron chi connectivity index (χ2n) is 7.13. The minimum absolute atomic E-state index is 0.0638. The number of carbonyl (C=O) groups excluding carboxylic acids is 2. The molecule has 0 saturated carbocycles. The van der Waals surface area contributed by atoms with Gasteiger partial charge in [0.25, 0.3) is 0 Å². The summed E-state index contributed by atoms with van der Waals surface area (Å²) in [6, 6.07) is 9.65. The van der Waals surface area contributed by atoms with E-state index in [1.54, 1.807) is 4.68 Å². The first-order valence-corrected chi connectivity index (χ1v) is 9.57. The van der Waals surface area contributed by atoms with E-state index < -0.39 is 0 Å². The van der Waals surface area contributed by atoms with Crippen molar-refractivity contribution in [2.45, 2.75) is 45.3 Å². The topological polar surface area (TPSA) is 70.4 Å². The van der Waals surface area contributed by atoms with Gasteiger partial charge in [-0.25, -0.2) is 0 Å². The molecule has 0 aliphatic heterocycles. The molecule has 148 valence electrons. The Bertz CT molecular complexity index is 841. The predicted molar refractivity (Wildman–Crippen MR) is 105 cm³/mol. The lowest BCUT2D eigenvalue weighted by molar-refractivity contribution is -0.150. The molecule has 28 heavy (non-hydrogen) atoms. The summed E-state index contributed by atoms with van der Waals surface area (Å²) in [6.07, 6.45) is 8.40. The molecule has 0 fully saturated rings. The molecule has 0 saturated heterocycles. The Kier molecular flexibility index (Phi) is 6.63. The largest absolute Gasteiger partial charge is 0.469 e. The first-order chi connectivity index (χ1) is 13.6.